The Kier molecular flexibility index (Phi) is 7.80. The maximum atomic E-state index is 13.2. The van der Waals surface area contributed by atoms with E-state index in [0.717, 1.165) is 6.42 Å². The summed E-state index contributed by atoms with van der Waals surface area (Å²) in [6, 6.07) is 17.5. The molecule has 0 spiro atoms. The molecule has 9 nitrogen and oxygen atoms in total. The molecule has 3 aromatic rings. The molecule has 36 heavy (non-hydrogen) atoms. The summed E-state index contributed by atoms with van der Waals surface area (Å²) >= 11 is 0. The first-order valence-electron chi connectivity index (χ1n) is 11.7. The van der Waals surface area contributed by atoms with E-state index in [1.165, 1.54) is 40.9 Å². The van der Waals surface area contributed by atoms with Gasteiger partial charge in [0.2, 0.25) is 0 Å². The lowest BCUT2D eigenvalue weighted by Crippen LogP contribution is -2.44. The van der Waals surface area contributed by atoms with Gasteiger partial charge < -0.3 is 20.7 Å². The van der Waals surface area contributed by atoms with Crippen molar-refractivity contribution in [3.8, 4) is 6.07 Å². The molecule has 0 bridgehead atoms. The van der Waals surface area contributed by atoms with Crippen LogP contribution in [0.25, 0.3) is 0 Å². The van der Waals surface area contributed by atoms with Crippen LogP contribution in [0.15, 0.2) is 60.8 Å². The summed E-state index contributed by atoms with van der Waals surface area (Å²) in [6.45, 7) is 0.864. The monoisotopic (exact) mass is 490 g/mol. The van der Waals surface area contributed by atoms with Gasteiger partial charge in [0.05, 0.1) is 24.6 Å². The maximum absolute atomic E-state index is 13.2. The average Bonchev–Trinajstić information content (AvgIpc) is 3.32. The first-order valence-corrected chi connectivity index (χ1v) is 11.7. The Hall–Kier alpha value is -4.39. The highest BCUT2D eigenvalue weighted by molar-refractivity contribution is 5.98. The van der Waals surface area contributed by atoms with Crippen LogP contribution in [0, 0.1) is 23.1 Å². The lowest BCUT2D eigenvalue weighted by molar-refractivity contribution is 0.0772. The van der Waals surface area contributed by atoms with Crippen molar-refractivity contribution in [1.29, 1.82) is 5.26 Å². The number of primary amides is 1. The fraction of sp³-hybridized carbons (Fsp3) is 0.308. The highest BCUT2D eigenvalue weighted by Gasteiger charge is 2.34. The Labute approximate surface area is 208 Å². The number of benzene rings is 2. The van der Waals surface area contributed by atoms with E-state index in [1.54, 1.807) is 4.68 Å². The van der Waals surface area contributed by atoms with Crippen molar-refractivity contribution in [3.05, 3.63) is 77.7 Å². The standard InChI is InChI=1S/C26H27FN6O3/c27-20-8-10-21(11-9-20)30-25-22(24(29)34)17-33(31-25)23-12-13-32(16-19(23)15-28)26(35)36-14-4-7-18-5-2-1-3-6-18/h1-3,5-6,8-11,17,19,23H,4,7,12-14,16H2,(H2,29,34)(H,30,31). The number of hydrogen-bond acceptors (Lipinski definition) is 6. The fourth-order valence-electron chi connectivity index (χ4n) is 4.22. The minimum atomic E-state index is -0.684. The van der Waals surface area contributed by atoms with Crippen LogP contribution in [-0.4, -0.2) is 46.4 Å². The zero-order valence-electron chi connectivity index (χ0n) is 19.6. The molecule has 0 aliphatic carbocycles. The van der Waals surface area contributed by atoms with E-state index < -0.39 is 17.9 Å². The van der Waals surface area contributed by atoms with Gasteiger partial charge in [0.1, 0.15) is 11.4 Å². The van der Waals surface area contributed by atoms with Crippen molar-refractivity contribution in [1.82, 2.24) is 14.7 Å². The molecule has 0 saturated carbocycles. The number of hydrogen-bond donors (Lipinski definition) is 2. The Balaban J connectivity index is 1.37. The van der Waals surface area contributed by atoms with Crippen molar-refractivity contribution in [2.45, 2.75) is 25.3 Å². The van der Waals surface area contributed by atoms with Crippen molar-refractivity contribution in [3.63, 3.8) is 0 Å². The molecule has 2 unspecified atom stereocenters. The number of piperidine rings is 1. The van der Waals surface area contributed by atoms with E-state index >= 15 is 0 Å². The van der Waals surface area contributed by atoms with Gasteiger partial charge >= 0.3 is 6.09 Å². The van der Waals surface area contributed by atoms with Crippen molar-refractivity contribution < 1.29 is 18.7 Å². The Morgan fingerprint density at radius 2 is 1.94 bits per heavy atom. The zero-order valence-corrected chi connectivity index (χ0v) is 19.6. The third kappa shape index (κ3) is 5.99. The van der Waals surface area contributed by atoms with Crippen molar-refractivity contribution in [2.75, 3.05) is 25.0 Å². The van der Waals surface area contributed by atoms with E-state index in [2.05, 4.69) is 16.5 Å². The van der Waals surface area contributed by atoms with E-state index in [9.17, 15) is 19.2 Å². The van der Waals surface area contributed by atoms with Gasteiger partial charge in [0.25, 0.3) is 5.91 Å². The molecule has 1 saturated heterocycles. The molecule has 1 aliphatic heterocycles. The first-order chi connectivity index (χ1) is 17.4. The first kappa shape index (κ1) is 24.7. The summed E-state index contributed by atoms with van der Waals surface area (Å²) in [5, 5.41) is 17.2. The number of nitrogens with zero attached hydrogens (tertiary/aromatic N) is 4. The van der Waals surface area contributed by atoms with E-state index in [0.29, 0.717) is 31.7 Å². The van der Waals surface area contributed by atoms with Crippen LogP contribution in [0.2, 0.25) is 0 Å². The molecule has 186 valence electrons. The van der Waals surface area contributed by atoms with E-state index in [1.807, 2.05) is 30.3 Å². The van der Waals surface area contributed by atoms with Crippen molar-refractivity contribution >= 4 is 23.5 Å². The second-order valence-electron chi connectivity index (χ2n) is 8.61. The predicted molar refractivity (Wildman–Crippen MR) is 131 cm³/mol. The average molecular weight is 491 g/mol. The Bertz CT molecular complexity index is 1240. The molecule has 4 rings (SSSR count). The quantitative estimate of drug-likeness (QED) is 0.459. The number of nitrogens with two attached hydrogens (primary N) is 1. The number of nitrogens with one attached hydrogen (secondary N) is 1. The van der Waals surface area contributed by atoms with Gasteiger partial charge in [-0.25, -0.2) is 9.18 Å². The molecule has 3 N–H and O–H groups in total. The number of nitriles is 1. The van der Waals surface area contributed by atoms with Gasteiger partial charge in [0.15, 0.2) is 5.82 Å². The van der Waals surface area contributed by atoms with Crippen LogP contribution in [-0.2, 0) is 11.2 Å². The van der Waals surface area contributed by atoms with Crippen LogP contribution in [0.4, 0.5) is 20.7 Å². The van der Waals surface area contributed by atoms with Crippen LogP contribution >= 0.6 is 0 Å². The van der Waals surface area contributed by atoms with Crippen LogP contribution in [0.1, 0.15) is 34.8 Å². The zero-order chi connectivity index (χ0) is 25.5. The number of ether oxygens (including phenoxy) is 1. The summed E-state index contributed by atoms with van der Waals surface area (Å²) in [4.78, 5) is 26.1. The van der Waals surface area contributed by atoms with E-state index in [-0.39, 0.29) is 29.8 Å². The van der Waals surface area contributed by atoms with Gasteiger partial charge in [0, 0.05) is 25.0 Å². The number of carbonyl (C=O) groups excluding carboxylic acids is 2. The van der Waals surface area contributed by atoms with Crippen LogP contribution in [0.3, 0.4) is 0 Å². The summed E-state index contributed by atoms with van der Waals surface area (Å²) in [5.41, 5.74) is 7.40. The van der Waals surface area contributed by atoms with Crippen LogP contribution in [0.5, 0.6) is 0 Å². The minimum absolute atomic E-state index is 0.149. The molecule has 2 aromatic carbocycles. The van der Waals surface area contributed by atoms with Crippen molar-refractivity contribution in [2.24, 2.45) is 11.7 Å². The summed E-state index contributed by atoms with van der Waals surface area (Å²) in [6.07, 6.45) is 3.03. The smallest absolute Gasteiger partial charge is 0.409 e. The fourth-order valence-corrected chi connectivity index (χ4v) is 4.22. The summed E-state index contributed by atoms with van der Waals surface area (Å²) in [7, 11) is 0. The second-order valence-corrected chi connectivity index (χ2v) is 8.61. The predicted octanol–water partition coefficient (Wildman–Crippen LogP) is 4.02. The number of aromatic nitrogens is 2. The SMILES string of the molecule is N#CC1CN(C(=O)OCCCc2ccccc2)CCC1n1cc(C(N)=O)c(Nc2ccc(F)cc2)n1. The second kappa shape index (κ2) is 11.4. The number of anilines is 2. The third-order valence-electron chi connectivity index (χ3n) is 6.12. The molecule has 2 atom stereocenters. The van der Waals surface area contributed by atoms with Crippen LogP contribution < -0.4 is 11.1 Å². The van der Waals surface area contributed by atoms with E-state index in [4.69, 9.17) is 10.5 Å². The molecule has 1 aromatic heterocycles. The normalized spacial score (nSPS) is 17.3. The number of likely N-dealkylation sites (tertiary alicyclic amines) is 1. The van der Waals surface area contributed by atoms with Gasteiger partial charge in [-0.1, -0.05) is 30.3 Å². The largest absolute Gasteiger partial charge is 0.449 e. The Morgan fingerprint density at radius 1 is 1.19 bits per heavy atom. The Morgan fingerprint density at radius 3 is 2.64 bits per heavy atom. The topological polar surface area (TPSA) is 126 Å². The van der Waals surface area contributed by atoms with Gasteiger partial charge in [-0.2, -0.15) is 10.4 Å². The number of halogens is 1. The summed E-state index contributed by atoms with van der Waals surface area (Å²) in [5.74, 6) is -1.42. The van der Waals surface area contributed by atoms with Gasteiger partial charge in [-0.15, -0.1) is 0 Å². The molecule has 1 aliphatic rings. The lowest BCUT2D eigenvalue weighted by atomic mass is 9.94. The molecule has 2 heterocycles. The van der Waals surface area contributed by atoms with Gasteiger partial charge in [-0.05, 0) is 49.1 Å². The third-order valence-corrected chi connectivity index (χ3v) is 6.12. The molecule has 2 amide bonds. The molecular weight excluding hydrogens is 463 g/mol. The maximum Gasteiger partial charge on any atom is 0.409 e. The molecule has 1 fully saturated rings. The van der Waals surface area contributed by atoms with Gasteiger partial charge in [-0.3, -0.25) is 9.48 Å². The summed E-state index contributed by atoms with van der Waals surface area (Å²) < 4.78 is 20.2. The highest BCUT2D eigenvalue weighted by atomic mass is 19.1. The number of aryl methyl sites for hydroxylation is 1. The number of carbonyl (C=O) groups is 2. The molecular formula is C26H27FN6O3. The molecule has 10 heteroatoms. The lowest BCUT2D eigenvalue weighted by Gasteiger charge is -2.34. The number of rotatable bonds is 8. The highest BCUT2D eigenvalue weighted by Crippen LogP contribution is 2.30. The number of amides is 2. The minimum Gasteiger partial charge on any atom is -0.449 e. The molecule has 0 radical (unpaired) electrons.